The fraction of sp³-hybridized carbons (Fsp3) is 0.474. The van der Waals surface area contributed by atoms with Crippen molar-refractivity contribution >= 4 is 5.91 Å². The maximum atomic E-state index is 12.0. The Bertz CT molecular complexity index is 647. The number of carbonyl (C=O) groups excluding carboxylic acids is 1. The molecule has 2 aromatic rings. The fourth-order valence-corrected chi connectivity index (χ4v) is 2.55. The van der Waals surface area contributed by atoms with Gasteiger partial charge in [-0.15, -0.1) is 0 Å². The van der Waals surface area contributed by atoms with Crippen molar-refractivity contribution < 1.29 is 14.3 Å². The second-order valence-electron chi connectivity index (χ2n) is 6.56. The van der Waals surface area contributed by atoms with E-state index in [2.05, 4.69) is 24.1 Å². The van der Waals surface area contributed by atoms with Gasteiger partial charge in [0.25, 0.3) is 0 Å². The molecule has 0 radical (unpaired) electrons. The highest BCUT2D eigenvalue weighted by atomic mass is 16.4. The zero-order valence-corrected chi connectivity index (χ0v) is 14.6. The predicted octanol–water partition coefficient (Wildman–Crippen LogP) is 3.11. The van der Waals surface area contributed by atoms with Gasteiger partial charge in [-0.2, -0.15) is 0 Å². The molecule has 0 aliphatic carbocycles. The van der Waals surface area contributed by atoms with E-state index in [1.54, 1.807) is 6.20 Å². The largest absolute Gasteiger partial charge is 0.441 e. The summed E-state index contributed by atoms with van der Waals surface area (Å²) in [6.07, 6.45) is 3.19. The van der Waals surface area contributed by atoms with Crippen molar-refractivity contribution in [3.8, 4) is 11.3 Å². The van der Waals surface area contributed by atoms with Crippen LogP contribution in [0.1, 0.15) is 38.1 Å². The van der Waals surface area contributed by atoms with Crippen LogP contribution in [0.5, 0.6) is 0 Å². The quantitative estimate of drug-likeness (QED) is 0.780. The Morgan fingerprint density at radius 1 is 1.29 bits per heavy atom. The van der Waals surface area contributed by atoms with Crippen LogP contribution in [0.15, 0.2) is 34.9 Å². The fourth-order valence-electron chi connectivity index (χ4n) is 2.55. The molecule has 5 nitrogen and oxygen atoms in total. The maximum absolute atomic E-state index is 12.0. The van der Waals surface area contributed by atoms with E-state index in [1.807, 2.05) is 31.2 Å². The molecular formula is C19H26N2O3. The minimum Gasteiger partial charge on any atom is -0.441 e. The molecule has 1 aromatic carbocycles. The summed E-state index contributed by atoms with van der Waals surface area (Å²) in [6.45, 7) is 6.12. The molecule has 0 aliphatic heterocycles. The minimum absolute atomic E-state index is 0.0412. The number of aryl methyl sites for hydroxylation is 2. The summed E-state index contributed by atoms with van der Waals surface area (Å²) in [4.78, 5) is 16.2. The standard InChI is InChI=1S/C19H26N2O3/c1-13(2)10-16(12-22)21-18(23)8-9-19-20-11-17(24-19)15-6-4-14(3)5-7-15/h4-7,11,13,16,22H,8-10,12H2,1-3H3,(H,21,23). The third kappa shape index (κ3) is 5.49. The van der Waals surface area contributed by atoms with E-state index in [4.69, 9.17) is 4.42 Å². The average Bonchev–Trinajstić information content (AvgIpc) is 3.01. The number of rotatable bonds is 8. The zero-order valence-electron chi connectivity index (χ0n) is 14.6. The number of hydrogen-bond donors (Lipinski definition) is 2. The van der Waals surface area contributed by atoms with E-state index < -0.39 is 0 Å². The molecule has 1 heterocycles. The smallest absolute Gasteiger partial charge is 0.220 e. The lowest BCUT2D eigenvalue weighted by molar-refractivity contribution is -0.122. The minimum atomic E-state index is -0.190. The lowest BCUT2D eigenvalue weighted by Gasteiger charge is -2.17. The summed E-state index contributed by atoms with van der Waals surface area (Å²) in [5.41, 5.74) is 2.16. The van der Waals surface area contributed by atoms with Crippen molar-refractivity contribution in [2.24, 2.45) is 5.92 Å². The third-order valence-corrected chi connectivity index (χ3v) is 3.80. The number of benzene rings is 1. The van der Waals surface area contributed by atoms with Crippen LogP contribution in [0.25, 0.3) is 11.3 Å². The van der Waals surface area contributed by atoms with E-state index >= 15 is 0 Å². The Balaban J connectivity index is 1.86. The number of aliphatic hydroxyl groups excluding tert-OH is 1. The van der Waals surface area contributed by atoms with Crippen LogP contribution in [-0.2, 0) is 11.2 Å². The molecule has 1 amide bonds. The van der Waals surface area contributed by atoms with Gasteiger partial charge in [-0.3, -0.25) is 4.79 Å². The number of aromatic nitrogens is 1. The summed E-state index contributed by atoms with van der Waals surface area (Å²) in [5.74, 6) is 1.58. The van der Waals surface area contributed by atoms with Gasteiger partial charge in [-0.1, -0.05) is 43.7 Å². The lowest BCUT2D eigenvalue weighted by atomic mass is 10.0. The Labute approximate surface area is 143 Å². The van der Waals surface area contributed by atoms with Gasteiger partial charge in [0, 0.05) is 18.4 Å². The molecule has 0 spiro atoms. The molecule has 1 atom stereocenters. The lowest BCUT2D eigenvalue weighted by Crippen LogP contribution is -2.38. The van der Waals surface area contributed by atoms with Gasteiger partial charge in [0.05, 0.1) is 18.8 Å². The zero-order chi connectivity index (χ0) is 17.5. The van der Waals surface area contributed by atoms with Crippen molar-refractivity contribution in [3.05, 3.63) is 41.9 Å². The summed E-state index contributed by atoms with van der Waals surface area (Å²) < 4.78 is 5.72. The average molecular weight is 330 g/mol. The van der Waals surface area contributed by atoms with Crippen LogP contribution in [0.3, 0.4) is 0 Å². The number of nitrogens with one attached hydrogen (secondary N) is 1. The Kier molecular flexibility index (Phi) is 6.55. The molecule has 2 rings (SSSR count). The number of aliphatic hydroxyl groups is 1. The Hall–Kier alpha value is -2.14. The van der Waals surface area contributed by atoms with Gasteiger partial charge in [-0.05, 0) is 19.3 Å². The van der Waals surface area contributed by atoms with E-state index in [-0.39, 0.29) is 18.6 Å². The second kappa shape index (κ2) is 8.64. The van der Waals surface area contributed by atoms with Crippen molar-refractivity contribution in [1.82, 2.24) is 10.3 Å². The molecule has 0 saturated heterocycles. The Morgan fingerprint density at radius 3 is 2.62 bits per heavy atom. The van der Waals surface area contributed by atoms with Crippen LogP contribution < -0.4 is 5.32 Å². The summed E-state index contributed by atoms with van der Waals surface area (Å²) >= 11 is 0. The van der Waals surface area contributed by atoms with E-state index in [9.17, 15) is 9.90 Å². The molecule has 2 N–H and O–H groups in total. The first-order valence-electron chi connectivity index (χ1n) is 8.40. The summed E-state index contributed by atoms with van der Waals surface area (Å²) in [7, 11) is 0. The molecule has 0 aliphatic rings. The highest BCUT2D eigenvalue weighted by molar-refractivity contribution is 5.76. The molecular weight excluding hydrogens is 304 g/mol. The first kappa shape index (κ1) is 18.2. The summed E-state index contributed by atoms with van der Waals surface area (Å²) in [6, 6.07) is 7.84. The summed E-state index contributed by atoms with van der Waals surface area (Å²) in [5, 5.41) is 12.2. The number of amides is 1. The molecule has 0 bridgehead atoms. The van der Waals surface area contributed by atoms with Gasteiger partial charge < -0.3 is 14.8 Å². The second-order valence-corrected chi connectivity index (χ2v) is 6.56. The van der Waals surface area contributed by atoms with E-state index in [0.29, 0.717) is 30.4 Å². The van der Waals surface area contributed by atoms with Gasteiger partial charge in [0.1, 0.15) is 0 Å². The normalized spacial score (nSPS) is 12.4. The monoisotopic (exact) mass is 330 g/mol. The number of nitrogens with zero attached hydrogens (tertiary/aromatic N) is 1. The van der Waals surface area contributed by atoms with E-state index in [0.717, 1.165) is 12.0 Å². The molecule has 5 heteroatoms. The first-order valence-corrected chi connectivity index (χ1v) is 8.40. The third-order valence-electron chi connectivity index (χ3n) is 3.80. The molecule has 130 valence electrons. The van der Waals surface area contributed by atoms with Crippen LogP contribution >= 0.6 is 0 Å². The molecule has 0 fully saturated rings. The van der Waals surface area contributed by atoms with Gasteiger partial charge >= 0.3 is 0 Å². The SMILES string of the molecule is Cc1ccc(-c2cnc(CCC(=O)NC(CO)CC(C)C)o2)cc1. The maximum Gasteiger partial charge on any atom is 0.220 e. The van der Waals surface area contributed by atoms with Crippen LogP contribution in [-0.4, -0.2) is 28.6 Å². The van der Waals surface area contributed by atoms with Crippen molar-refractivity contribution in [3.63, 3.8) is 0 Å². The van der Waals surface area contributed by atoms with Gasteiger partial charge in [0.2, 0.25) is 5.91 Å². The molecule has 0 saturated carbocycles. The predicted molar refractivity (Wildman–Crippen MR) is 93.5 cm³/mol. The highest BCUT2D eigenvalue weighted by Gasteiger charge is 2.14. The topological polar surface area (TPSA) is 75.4 Å². The van der Waals surface area contributed by atoms with Crippen molar-refractivity contribution in [1.29, 1.82) is 0 Å². The first-order chi connectivity index (χ1) is 11.5. The van der Waals surface area contributed by atoms with E-state index in [1.165, 1.54) is 5.56 Å². The highest BCUT2D eigenvalue weighted by Crippen LogP contribution is 2.21. The van der Waals surface area contributed by atoms with Gasteiger partial charge in [-0.25, -0.2) is 4.98 Å². The van der Waals surface area contributed by atoms with Crippen molar-refractivity contribution in [2.45, 2.75) is 46.1 Å². The number of hydrogen-bond acceptors (Lipinski definition) is 4. The molecule has 1 unspecified atom stereocenters. The van der Waals surface area contributed by atoms with Gasteiger partial charge in [0.15, 0.2) is 11.7 Å². The Morgan fingerprint density at radius 2 is 2.00 bits per heavy atom. The number of carbonyl (C=O) groups is 1. The van der Waals surface area contributed by atoms with Crippen molar-refractivity contribution in [2.75, 3.05) is 6.61 Å². The van der Waals surface area contributed by atoms with Crippen LogP contribution in [0.4, 0.5) is 0 Å². The van der Waals surface area contributed by atoms with Crippen LogP contribution in [0.2, 0.25) is 0 Å². The van der Waals surface area contributed by atoms with Crippen LogP contribution in [0, 0.1) is 12.8 Å². The number of oxazole rings is 1. The molecule has 24 heavy (non-hydrogen) atoms. The molecule has 1 aromatic heterocycles.